The summed E-state index contributed by atoms with van der Waals surface area (Å²) in [5.74, 6) is 1.10. The third-order valence-electron chi connectivity index (χ3n) is 6.69. The van der Waals surface area contributed by atoms with Crippen molar-refractivity contribution in [3.05, 3.63) is 29.3 Å². The van der Waals surface area contributed by atoms with Crippen LogP contribution >= 0.6 is 0 Å². The second-order valence-electron chi connectivity index (χ2n) is 13.0. The van der Waals surface area contributed by atoms with Gasteiger partial charge in [-0.25, -0.2) is 0 Å². The maximum atomic E-state index is 6.34. The minimum absolute atomic E-state index is 0.844. The van der Waals surface area contributed by atoms with Crippen LogP contribution in [-0.4, -0.2) is 57.9 Å². The van der Waals surface area contributed by atoms with Crippen LogP contribution in [0.15, 0.2) is 18.2 Å². The predicted octanol–water partition coefficient (Wildman–Crippen LogP) is 8.74. The van der Waals surface area contributed by atoms with Gasteiger partial charge < -0.3 is 13.7 Å². The van der Waals surface area contributed by atoms with Crippen molar-refractivity contribution in [2.75, 3.05) is 48.9 Å². The fraction of sp³-hybridized carbons (Fsp3) is 0.812. The molecule has 0 fully saturated rings. The zero-order valence-corrected chi connectivity index (χ0v) is 25.0. The molecule has 0 aliphatic rings. The summed E-state index contributed by atoms with van der Waals surface area (Å²) in [6, 6.07) is 6.87. The maximum absolute atomic E-state index is 6.34. The number of quaternary nitrogens is 2. The van der Waals surface area contributed by atoms with E-state index in [1.54, 1.807) is 0 Å². The molecule has 0 atom stereocenters. The summed E-state index contributed by atoms with van der Waals surface area (Å²) < 4.78 is 8.20. The minimum Gasteiger partial charge on any atom is -0.493 e. The number of hydrogen-bond acceptors (Lipinski definition) is 1. The lowest BCUT2D eigenvalue weighted by Gasteiger charge is -2.27. The number of ether oxygens (including phenoxy) is 1. The maximum Gasteiger partial charge on any atom is 0.128 e. The van der Waals surface area contributed by atoms with E-state index in [0.717, 1.165) is 34.4 Å². The molecular formula is C32H62N2O+2. The largest absolute Gasteiger partial charge is 0.493 e. The summed E-state index contributed by atoms with van der Waals surface area (Å²) in [6.45, 7) is 5.17. The molecule has 3 nitrogen and oxygen atoms in total. The molecule has 0 radical (unpaired) electrons. The molecule has 1 aromatic rings. The molecule has 0 amide bonds. The highest BCUT2D eigenvalue weighted by molar-refractivity contribution is 5.37. The van der Waals surface area contributed by atoms with Gasteiger partial charge in [0, 0.05) is 11.1 Å². The van der Waals surface area contributed by atoms with Gasteiger partial charge in [0.15, 0.2) is 0 Å². The fourth-order valence-electron chi connectivity index (χ4n) is 4.85. The fourth-order valence-corrected chi connectivity index (χ4v) is 4.85. The van der Waals surface area contributed by atoms with Crippen LogP contribution in [0.3, 0.4) is 0 Å². The number of unbranched alkanes of at least 4 members (excludes halogenated alkanes) is 15. The molecule has 204 valence electrons. The molecule has 1 aromatic carbocycles. The summed E-state index contributed by atoms with van der Waals surface area (Å²) >= 11 is 0. The predicted molar refractivity (Wildman–Crippen MR) is 155 cm³/mol. The lowest BCUT2D eigenvalue weighted by atomic mass is 10.0. The lowest BCUT2D eigenvalue weighted by molar-refractivity contribution is -0.884. The molecule has 0 saturated heterocycles. The van der Waals surface area contributed by atoms with Crippen molar-refractivity contribution in [3.63, 3.8) is 0 Å². The van der Waals surface area contributed by atoms with Gasteiger partial charge in [-0.1, -0.05) is 109 Å². The molecule has 0 N–H and O–H groups in total. The number of rotatable bonds is 22. The zero-order chi connectivity index (χ0) is 26.0. The van der Waals surface area contributed by atoms with E-state index in [9.17, 15) is 0 Å². The smallest absolute Gasteiger partial charge is 0.128 e. The van der Waals surface area contributed by atoms with Gasteiger partial charge in [0.1, 0.15) is 18.8 Å². The average Bonchev–Trinajstić information content (AvgIpc) is 2.75. The van der Waals surface area contributed by atoms with Gasteiger partial charge in [-0.15, -0.1) is 0 Å². The molecule has 0 heterocycles. The lowest BCUT2D eigenvalue weighted by Crippen LogP contribution is -2.34. The second-order valence-corrected chi connectivity index (χ2v) is 13.0. The van der Waals surface area contributed by atoms with Crippen molar-refractivity contribution in [2.24, 2.45) is 0 Å². The summed E-state index contributed by atoms with van der Waals surface area (Å²) in [6.07, 6.45) is 22.5. The first-order chi connectivity index (χ1) is 16.6. The van der Waals surface area contributed by atoms with E-state index < -0.39 is 0 Å². The number of nitrogens with zero attached hydrogens (tertiary/aromatic N) is 2. The van der Waals surface area contributed by atoms with E-state index in [4.69, 9.17) is 4.74 Å². The SMILES string of the molecule is CCCCCCCCCCCCCCCCCCOc1cc(C[N+](C)(C)C)ccc1C[N+](C)(C)C. The van der Waals surface area contributed by atoms with Gasteiger partial charge in [-0.3, -0.25) is 0 Å². The Morgan fingerprint density at radius 1 is 0.543 bits per heavy atom. The minimum atomic E-state index is 0.844. The standard InChI is InChI=1S/C32H62N2O/c1-8-9-10-11-12-13-14-15-16-17-18-19-20-21-22-23-26-35-32-27-30(28-33(2,3)4)24-25-31(32)29-34(5,6)7/h24-25,27H,8-23,26,28-29H2,1-7H3/q+2. The zero-order valence-electron chi connectivity index (χ0n) is 25.0. The van der Waals surface area contributed by atoms with Crippen LogP contribution in [0.4, 0.5) is 0 Å². The van der Waals surface area contributed by atoms with Gasteiger partial charge >= 0.3 is 0 Å². The van der Waals surface area contributed by atoms with Crippen molar-refractivity contribution < 1.29 is 13.7 Å². The Hall–Kier alpha value is -1.06. The Morgan fingerprint density at radius 2 is 0.971 bits per heavy atom. The van der Waals surface area contributed by atoms with Gasteiger partial charge in [-0.2, -0.15) is 0 Å². The second kappa shape index (κ2) is 18.2. The molecule has 0 saturated carbocycles. The molecule has 3 heteroatoms. The quantitative estimate of drug-likeness (QED) is 0.117. The normalized spacial score (nSPS) is 12.3. The first-order valence-corrected chi connectivity index (χ1v) is 15.0. The average molecular weight is 491 g/mol. The molecule has 0 bridgehead atoms. The van der Waals surface area contributed by atoms with E-state index in [1.807, 2.05) is 0 Å². The van der Waals surface area contributed by atoms with Crippen LogP contribution in [0.2, 0.25) is 0 Å². The molecule has 0 aromatic heterocycles. The van der Waals surface area contributed by atoms with Crippen LogP contribution in [-0.2, 0) is 13.1 Å². The summed E-state index contributed by atoms with van der Waals surface area (Å²) in [5, 5.41) is 0. The summed E-state index contributed by atoms with van der Waals surface area (Å²) in [4.78, 5) is 0. The summed E-state index contributed by atoms with van der Waals surface area (Å²) in [7, 11) is 13.5. The van der Waals surface area contributed by atoms with E-state index in [1.165, 1.54) is 114 Å². The molecule has 0 spiro atoms. The van der Waals surface area contributed by atoms with E-state index in [2.05, 4.69) is 67.4 Å². The summed E-state index contributed by atoms with van der Waals surface area (Å²) in [5.41, 5.74) is 2.70. The van der Waals surface area contributed by atoms with E-state index in [-0.39, 0.29) is 0 Å². The Labute approximate surface area is 220 Å². The van der Waals surface area contributed by atoms with Crippen LogP contribution in [0.25, 0.3) is 0 Å². The molecule has 1 rings (SSSR count). The van der Waals surface area contributed by atoms with Gasteiger partial charge in [-0.05, 0) is 18.6 Å². The van der Waals surface area contributed by atoms with Crippen molar-refractivity contribution in [1.82, 2.24) is 0 Å². The highest BCUT2D eigenvalue weighted by atomic mass is 16.5. The molecule has 0 unspecified atom stereocenters. The van der Waals surface area contributed by atoms with Crippen molar-refractivity contribution in [3.8, 4) is 5.75 Å². The highest BCUT2D eigenvalue weighted by Gasteiger charge is 2.16. The third-order valence-corrected chi connectivity index (χ3v) is 6.69. The first kappa shape index (κ1) is 32.0. The monoisotopic (exact) mass is 490 g/mol. The van der Waals surface area contributed by atoms with Crippen LogP contribution in [0.5, 0.6) is 5.75 Å². The number of benzene rings is 1. The molecule has 0 aliphatic carbocycles. The van der Waals surface area contributed by atoms with Crippen LogP contribution < -0.4 is 4.74 Å². The van der Waals surface area contributed by atoms with Crippen molar-refractivity contribution >= 4 is 0 Å². The van der Waals surface area contributed by atoms with Crippen molar-refractivity contribution in [1.29, 1.82) is 0 Å². The van der Waals surface area contributed by atoms with Gasteiger partial charge in [0.2, 0.25) is 0 Å². The topological polar surface area (TPSA) is 9.23 Å². The Kier molecular flexibility index (Phi) is 16.6. The Bertz CT molecular complexity index is 642. The molecule has 0 aliphatic heterocycles. The van der Waals surface area contributed by atoms with Gasteiger partial charge in [0.25, 0.3) is 0 Å². The first-order valence-electron chi connectivity index (χ1n) is 15.0. The van der Waals surface area contributed by atoms with Gasteiger partial charge in [0.05, 0.1) is 48.9 Å². The molecule has 35 heavy (non-hydrogen) atoms. The van der Waals surface area contributed by atoms with E-state index >= 15 is 0 Å². The Balaban J connectivity index is 2.15. The third kappa shape index (κ3) is 18.8. The van der Waals surface area contributed by atoms with Crippen LogP contribution in [0, 0.1) is 0 Å². The van der Waals surface area contributed by atoms with Crippen molar-refractivity contribution in [2.45, 2.75) is 123 Å². The molecular weight excluding hydrogens is 428 g/mol. The number of hydrogen-bond donors (Lipinski definition) is 0. The Morgan fingerprint density at radius 3 is 1.40 bits per heavy atom. The van der Waals surface area contributed by atoms with E-state index in [0.29, 0.717) is 0 Å². The highest BCUT2D eigenvalue weighted by Crippen LogP contribution is 2.25. The van der Waals surface area contributed by atoms with Crippen LogP contribution in [0.1, 0.15) is 121 Å².